The van der Waals surface area contributed by atoms with Gasteiger partial charge in [0.05, 0.1) is 10.2 Å². The predicted octanol–water partition coefficient (Wildman–Crippen LogP) is 3.86. The second-order valence-electron chi connectivity index (χ2n) is 6.11. The van der Waals surface area contributed by atoms with Crippen molar-refractivity contribution in [1.82, 2.24) is 4.57 Å². The van der Waals surface area contributed by atoms with Crippen LogP contribution in [0.1, 0.15) is 43.2 Å². The molecule has 0 atom stereocenters. The number of carbonyl (C=O) groups excluding carboxylic acids is 1. The lowest BCUT2D eigenvalue weighted by atomic mass is 9.89. The van der Waals surface area contributed by atoms with Crippen molar-refractivity contribution < 1.29 is 4.79 Å². The smallest absolute Gasteiger partial charge is 0.251 e. The Bertz CT molecular complexity index is 748. The first kappa shape index (κ1) is 14.5. The molecule has 1 saturated carbocycles. The number of carbonyl (C=O) groups is 1. The van der Waals surface area contributed by atoms with E-state index in [0.717, 1.165) is 17.6 Å². The number of aryl methyl sites for hydroxylation is 3. The molecule has 3 rings (SSSR count). The lowest BCUT2D eigenvalue weighted by Gasteiger charge is -2.17. The maximum Gasteiger partial charge on any atom is 0.251 e. The SMILES string of the molecule is Cc1ccc(C)c2c1sc(=NC(=O)C1CCCCC1)n2C. The molecule has 3 nitrogen and oxygen atoms in total. The van der Waals surface area contributed by atoms with Crippen molar-refractivity contribution in [2.24, 2.45) is 18.0 Å². The number of hydrogen-bond acceptors (Lipinski definition) is 2. The Labute approximate surface area is 129 Å². The number of fused-ring (bicyclic) bond motifs is 1. The molecule has 1 aliphatic carbocycles. The number of amides is 1. The summed E-state index contributed by atoms with van der Waals surface area (Å²) >= 11 is 1.63. The fraction of sp³-hybridized carbons (Fsp3) is 0.529. The molecule has 0 spiro atoms. The van der Waals surface area contributed by atoms with Crippen molar-refractivity contribution in [3.05, 3.63) is 28.1 Å². The molecule has 0 saturated heterocycles. The average Bonchev–Trinajstić information content (AvgIpc) is 2.82. The van der Waals surface area contributed by atoms with Crippen LogP contribution in [0.25, 0.3) is 10.2 Å². The third-order valence-corrected chi connectivity index (χ3v) is 5.77. The Morgan fingerprint density at radius 3 is 2.52 bits per heavy atom. The van der Waals surface area contributed by atoms with Gasteiger partial charge in [0, 0.05) is 13.0 Å². The van der Waals surface area contributed by atoms with Crippen molar-refractivity contribution >= 4 is 27.5 Å². The van der Waals surface area contributed by atoms with E-state index in [1.807, 2.05) is 7.05 Å². The van der Waals surface area contributed by atoms with Crippen LogP contribution in [0.15, 0.2) is 17.1 Å². The second-order valence-corrected chi connectivity index (χ2v) is 7.08. The van der Waals surface area contributed by atoms with Gasteiger partial charge in [-0.25, -0.2) is 0 Å². The highest BCUT2D eigenvalue weighted by Crippen LogP contribution is 2.26. The van der Waals surface area contributed by atoms with Crippen molar-refractivity contribution in [3.8, 4) is 0 Å². The molecule has 1 heterocycles. The molecule has 0 aliphatic heterocycles. The minimum atomic E-state index is 0.0761. The van der Waals surface area contributed by atoms with Gasteiger partial charge in [0.15, 0.2) is 4.80 Å². The minimum Gasteiger partial charge on any atom is -0.319 e. The van der Waals surface area contributed by atoms with Crippen LogP contribution >= 0.6 is 11.3 Å². The van der Waals surface area contributed by atoms with E-state index in [-0.39, 0.29) is 11.8 Å². The van der Waals surface area contributed by atoms with Crippen molar-refractivity contribution in [1.29, 1.82) is 0 Å². The predicted molar refractivity (Wildman–Crippen MR) is 87.4 cm³/mol. The van der Waals surface area contributed by atoms with Gasteiger partial charge in [-0.05, 0) is 37.8 Å². The summed E-state index contributed by atoms with van der Waals surface area (Å²) in [6, 6.07) is 4.28. The minimum absolute atomic E-state index is 0.0761. The van der Waals surface area contributed by atoms with Gasteiger partial charge in [0.2, 0.25) is 0 Å². The number of benzene rings is 1. The highest BCUT2D eigenvalue weighted by molar-refractivity contribution is 7.16. The Morgan fingerprint density at radius 1 is 1.19 bits per heavy atom. The van der Waals surface area contributed by atoms with Crippen LogP contribution in [0.5, 0.6) is 0 Å². The largest absolute Gasteiger partial charge is 0.319 e. The van der Waals surface area contributed by atoms with E-state index < -0.39 is 0 Å². The van der Waals surface area contributed by atoms with Crippen LogP contribution in [0.2, 0.25) is 0 Å². The summed E-state index contributed by atoms with van der Waals surface area (Å²) in [5.74, 6) is 0.221. The summed E-state index contributed by atoms with van der Waals surface area (Å²) in [6.07, 6.45) is 5.62. The molecule has 0 radical (unpaired) electrons. The standard InChI is InChI=1S/C17H22N2OS/c1-11-9-10-12(2)15-14(11)19(3)17(21-15)18-16(20)13-7-5-4-6-8-13/h9-10,13H,4-8H2,1-3H3. The zero-order valence-corrected chi connectivity index (χ0v) is 13.8. The Morgan fingerprint density at radius 2 is 1.86 bits per heavy atom. The molecular formula is C17H22N2OS. The highest BCUT2D eigenvalue weighted by atomic mass is 32.1. The normalized spacial score (nSPS) is 17.6. The molecule has 4 heteroatoms. The lowest BCUT2D eigenvalue weighted by molar-refractivity contribution is -0.122. The van der Waals surface area contributed by atoms with E-state index >= 15 is 0 Å². The van der Waals surface area contributed by atoms with Crippen LogP contribution in [0, 0.1) is 19.8 Å². The first-order chi connectivity index (χ1) is 10.1. The molecule has 1 aliphatic rings. The fourth-order valence-corrected chi connectivity index (χ4v) is 4.37. The molecule has 0 unspecified atom stereocenters. The number of thiazole rings is 1. The van der Waals surface area contributed by atoms with Gasteiger partial charge in [-0.2, -0.15) is 4.99 Å². The third-order valence-electron chi connectivity index (χ3n) is 4.51. The van der Waals surface area contributed by atoms with E-state index in [4.69, 9.17) is 0 Å². The first-order valence-corrected chi connectivity index (χ1v) is 8.54. The number of hydrogen-bond donors (Lipinski definition) is 0. The van der Waals surface area contributed by atoms with Gasteiger partial charge >= 0.3 is 0 Å². The van der Waals surface area contributed by atoms with Crippen molar-refractivity contribution in [2.45, 2.75) is 46.0 Å². The summed E-state index contributed by atoms with van der Waals surface area (Å²) in [6.45, 7) is 4.23. The molecule has 2 aromatic rings. The van der Waals surface area contributed by atoms with Crippen LogP contribution in [-0.2, 0) is 11.8 Å². The number of aromatic nitrogens is 1. The molecule has 1 aromatic heterocycles. The monoisotopic (exact) mass is 302 g/mol. The van der Waals surface area contributed by atoms with Crippen LogP contribution in [-0.4, -0.2) is 10.5 Å². The highest BCUT2D eigenvalue weighted by Gasteiger charge is 2.21. The topological polar surface area (TPSA) is 34.4 Å². The van der Waals surface area contributed by atoms with Gasteiger partial charge in [-0.1, -0.05) is 42.7 Å². The average molecular weight is 302 g/mol. The summed E-state index contributed by atoms with van der Waals surface area (Å²) in [5, 5.41) is 0. The van der Waals surface area contributed by atoms with E-state index in [1.165, 1.54) is 40.6 Å². The van der Waals surface area contributed by atoms with E-state index in [9.17, 15) is 4.79 Å². The maximum atomic E-state index is 12.4. The zero-order chi connectivity index (χ0) is 15.0. The molecule has 1 aromatic carbocycles. The summed E-state index contributed by atoms with van der Waals surface area (Å²) in [4.78, 5) is 17.7. The Hall–Kier alpha value is -1.42. The number of nitrogens with zero attached hydrogens (tertiary/aromatic N) is 2. The first-order valence-electron chi connectivity index (χ1n) is 7.72. The van der Waals surface area contributed by atoms with Crippen molar-refractivity contribution in [2.75, 3.05) is 0 Å². The maximum absolute atomic E-state index is 12.4. The summed E-state index contributed by atoms with van der Waals surface area (Å²) in [5.41, 5.74) is 3.69. The Kier molecular flexibility index (Phi) is 3.98. The Balaban J connectivity index is 2.06. The van der Waals surface area contributed by atoms with Crippen molar-refractivity contribution in [3.63, 3.8) is 0 Å². The quantitative estimate of drug-likeness (QED) is 0.787. The third kappa shape index (κ3) is 2.69. The van der Waals surface area contributed by atoms with Gasteiger partial charge in [0.25, 0.3) is 5.91 Å². The van der Waals surface area contributed by atoms with Gasteiger partial charge in [0.1, 0.15) is 0 Å². The second kappa shape index (κ2) is 5.76. The van der Waals surface area contributed by atoms with Crippen LogP contribution < -0.4 is 4.80 Å². The summed E-state index contributed by atoms with van der Waals surface area (Å²) in [7, 11) is 2.01. The molecule has 112 valence electrons. The molecule has 1 amide bonds. The molecular weight excluding hydrogens is 280 g/mol. The zero-order valence-electron chi connectivity index (χ0n) is 13.0. The van der Waals surface area contributed by atoms with E-state index in [2.05, 4.69) is 35.5 Å². The molecule has 21 heavy (non-hydrogen) atoms. The molecule has 0 N–H and O–H groups in total. The van der Waals surface area contributed by atoms with E-state index in [1.54, 1.807) is 11.3 Å². The fourth-order valence-electron chi connectivity index (χ4n) is 3.20. The number of rotatable bonds is 1. The molecule has 0 bridgehead atoms. The summed E-state index contributed by atoms with van der Waals surface area (Å²) < 4.78 is 3.32. The van der Waals surface area contributed by atoms with Gasteiger partial charge < -0.3 is 4.57 Å². The van der Waals surface area contributed by atoms with Crippen LogP contribution in [0.3, 0.4) is 0 Å². The lowest BCUT2D eigenvalue weighted by Crippen LogP contribution is -2.20. The molecule has 1 fully saturated rings. The van der Waals surface area contributed by atoms with E-state index in [0.29, 0.717) is 0 Å². The van der Waals surface area contributed by atoms with Crippen LogP contribution in [0.4, 0.5) is 0 Å². The van der Waals surface area contributed by atoms with Gasteiger partial charge in [-0.15, -0.1) is 0 Å². The van der Waals surface area contributed by atoms with Gasteiger partial charge in [-0.3, -0.25) is 4.79 Å².